The van der Waals surface area contributed by atoms with Gasteiger partial charge < -0.3 is 9.64 Å². The Morgan fingerprint density at radius 1 is 0.688 bits per heavy atom. The number of allylic oxidation sites excluding steroid dienone is 6. The van der Waals surface area contributed by atoms with Gasteiger partial charge in [0.05, 0.1) is 0 Å². The van der Waals surface area contributed by atoms with E-state index >= 15 is 0 Å². The van der Waals surface area contributed by atoms with Crippen LogP contribution in [0.25, 0.3) is 11.5 Å². The first-order chi connectivity index (χ1) is 15.5. The van der Waals surface area contributed by atoms with Gasteiger partial charge in [-0.05, 0) is 35.4 Å². The Bertz CT molecular complexity index is 1200. The fraction of sp³-hybridized carbons (Fsp3) is 0.133. The molecule has 0 aliphatic carbocycles. The summed E-state index contributed by atoms with van der Waals surface area (Å²) in [6.07, 6.45) is 8.69. The number of benzene rings is 3. The largest absolute Gasteiger partial charge is 0.456 e. The third-order valence-electron chi connectivity index (χ3n) is 6.31. The summed E-state index contributed by atoms with van der Waals surface area (Å²) in [4.78, 5) is 2.30. The van der Waals surface area contributed by atoms with Gasteiger partial charge in [0.2, 0.25) is 0 Å². The summed E-state index contributed by atoms with van der Waals surface area (Å²) in [7, 11) is 2.15. The second-order valence-corrected chi connectivity index (χ2v) is 8.77. The van der Waals surface area contributed by atoms with Crippen molar-refractivity contribution >= 4 is 17.2 Å². The second kappa shape index (κ2) is 8.05. The van der Waals surface area contributed by atoms with Crippen molar-refractivity contribution in [3.05, 3.63) is 137 Å². The molecular formula is C30H27NO. The van der Waals surface area contributed by atoms with Crippen LogP contribution < -0.4 is 4.90 Å². The van der Waals surface area contributed by atoms with Gasteiger partial charge in [-0.2, -0.15) is 0 Å². The summed E-state index contributed by atoms with van der Waals surface area (Å²) in [5, 5.41) is 0. The molecule has 0 amide bonds. The van der Waals surface area contributed by atoms with E-state index in [0.29, 0.717) is 0 Å². The van der Waals surface area contributed by atoms with Crippen molar-refractivity contribution in [2.24, 2.45) is 0 Å². The van der Waals surface area contributed by atoms with Crippen LogP contribution >= 0.6 is 0 Å². The van der Waals surface area contributed by atoms with Crippen molar-refractivity contribution in [2.45, 2.75) is 19.3 Å². The van der Waals surface area contributed by atoms with Gasteiger partial charge >= 0.3 is 0 Å². The lowest BCUT2D eigenvalue weighted by atomic mass is 9.83. The molecule has 0 bridgehead atoms. The van der Waals surface area contributed by atoms with E-state index in [9.17, 15) is 0 Å². The number of rotatable bonds is 3. The molecule has 5 rings (SSSR count). The van der Waals surface area contributed by atoms with E-state index in [-0.39, 0.29) is 5.41 Å². The number of hydrogen-bond acceptors (Lipinski definition) is 2. The first kappa shape index (κ1) is 20.1. The van der Waals surface area contributed by atoms with Gasteiger partial charge in [0.1, 0.15) is 11.5 Å². The maximum Gasteiger partial charge on any atom is 0.135 e. The van der Waals surface area contributed by atoms with Crippen LogP contribution in [0.4, 0.5) is 5.69 Å². The van der Waals surface area contributed by atoms with E-state index in [1.165, 1.54) is 16.9 Å². The minimum Gasteiger partial charge on any atom is -0.456 e. The normalized spacial score (nSPS) is 18.0. The van der Waals surface area contributed by atoms with Crippen LogP contribution in [-0.4, -0.2) is 7.05 Å². The van der Waals surface area contributed by atoms with Crippen molar-refractivity contribution < 1.29 is 4.74 Å². The second-order valence-electron chi connectivity index (χ2n) is 8.77. The van der Waals surface area contributed by atoms with Gasteiger partial charge in [-0.3, -0.25) is 0 Å². The summed E-state index contributed by atoms with van der Waals surface area (Å²) >= 11 is 0. The Kier molecular flexibility index (Phi) is 5.07. The lowest BCUT2D eigenvalue weighted by Crippen LogP contribution is -2.22. The number of likely N-dealkylation sites (N-methyl/N-ethyl adjacent to an activating group) is 1. The number of para-hydroxylation sites is 1. The van der Waals surface area contributed by atoms with Crippen molar-refractivity contribution in [2.75, 3.05) is 11.9 Å². The highest BCUT2D eigenvalue weighted by Crippen LogP contribution is 2.46. The van der Waals surface area contributed by atoms with Crippen LogP contribution in [-0.2, 0) is 10.2 Å². The molecule has 0 aromatic heterocycles. The fourth-order valence-corrected chi connectivity index (χ4v) is 4.58. The van der Waals surface area contributed by atoms with Crippen LogP contribution in [0, 0.1) is 0 Å². The maximum atomic E-state index is 6.32. The Hall–Kier alpha value is -3.78. The molecule has 2 heteroatoms. The van der Waals surface area contributed by atoms with E-state index in [4.69, 9.17) is 4.74 Å². The van der Waals surface area contributed by atoms with Crippen LogP contribution in [0.3, 0.4) is 0 Å². The van der Waals surface area contributed by atoms with Crippen molar-refractivity contribution in [1.82, 2.24) is 0 Å². The van der Waals surface area contributed by atoms with E-state index < -0.39 is 0 Å². The highest BCUT2D eigenvalue weighted by molar-refractivity contribution is 5.78. The smallest absolute Gasteiger partial charge is 0.135 e. The van der Waals surface area contributed by atoms with Crippen molar-refractivity contribution in [3.63, 3.8) is 0 Å². The highest BCUT2D eigenvalue weighted by atomic mass is 16.5. The highest BCUT2D eigenvalue weighted by Gasteiger charge is 2.37. The summed E-state index contributed by atoms with van der Waals surface area (Å²) in [6, 6.07) is 29.2. The van der Waals surface area contributed by atoms with Gasteiger partial charge in [0.25, 0.3) is 0 Å². The van der Waals surface area contributed by atoms with Crippen LogP contribution in [0.15, 0.2) is 121 Å². The van der Waals surface area contributed by atoms with E-state index in [0.717, 1.165) is 28.2 Å². The molecule has 0 spiro atoms. The Balaban J connectivity index is 1.58. The van der Waals surface area contributed by atoms with Crippen LogP contribution in [0.1, 0.15) is 30.5 Å². The third-order valence-corrected chi connectivity index (χ3v) is 6.31. The van der Waals surface area contributed by atoms with Gasteiger partial charge in [0.15, 0.2) is 0 Å². The Morgan fingerprint density at radius 3 is 1.78 bits per heavy atom. The zero-order valence-electron chi connectivity index (χ0n) is 18.7. The van der Waals surface area contributed by atoms with Gasteiger partial charge in [0, 0.05) is 35.0 Å². The first-order valence-electron chi connectivity index (χ1n) is 11.0. The number of hydrogen-bond donors (Lipinski definition) is 0. The fourth-order valence-electron chi connectivity index (χ4n) is 4.58. The molecule has 0 fully saturated rings. The molecule has 2 nitrogen and oxygen atoms in total. The average molecular weight is 418 g/mol. The van der Waals surface area contributed by atoms with E-state index in [1.807, 2.05) is 36.4 Å². The maximum absolute atomic E-state index is 6.32. The molecule has 0 saturated heterocycles. The number of nitrogens with zero attached hydrogens (tertiary/aromatic N) is 1. The molecule has 2 aliphatic rings. The average Bonchev–Trinajstić information content (AvgIpc) is 3.04. The van der Waals surface area contributed by atoms with Gasteiger partial charge in [-0.25, -0.2) is 0 Å². The molecule has 0 atom stereocenters. The van der Waals surface area contributed by atoms with Gasteiger partial charge in [-0.15, -0.1) is 0 Å². The number of fused-ring (bicyclic) bond motifs is 1. The minimum atomic E-state index is -0.0501. The summed E-state index contributed by atoms with van der Waals surface area (Å²) in [5.74, 6) is 1.72. The van der Waals surface area contributed by atoms with Crippen LogP contribution in [0.2, 0.25) is 0 Å². The van der Waals surface area contributed by atoms with E-state index in [2.05, 4.69) is 98.6 Å². The molecule has 32 heavy (non-hydrogen) atoms. The quantitative estimate of drug-likeness (QED) is 0.442. The molecule has 0 N–H and O–H groups in total. The first-order valence-corrected chi connectivity index (χ1v) is 11.0. The van der Waals surface area contributed by atoms with Crippen LogP contribution in [0.5, 0.6) is 0 Å². The summed E-state index contributed by atoms with van der Waals surface area (Å²) in [6.45, 7) is 4.58. The Labute approximate surface area is 190 Å². The minimum absolute atomic E-state index is 0.0501. The molecule has 2 heterocycles. The molecule has 158 valence electrons. The molecule has 0 saturated carbocycles. The van der Waals surface area contributed by atoms with E-state index in [1.54, 1.807) is 0 Å². The Morgan fingerprint density at radius 2 is 1.22 bits per heavy atom. The lowest BCUT2D eigenvalue weighted by molar-refractivity contribution is 0.467. The zero-order valence-corrected chi connectivity index (χ0v) is 18.7. The molecule has 3 aromatic rings. The molecule has 0 unspecified atom stereocenters. The molecule has 0 radical (unpaired) electrons. The summed E-state index contributed by atoms with van der Waals surface area (Å²) < 4.78 is 6.32. The lowest BCUT2D eigenvalue weighted by Gasteiger charge is -2.24. The topological polar surface area (TPSA) is 12.5 Å². The third kappa shape index (κ3) is 3.58. The SMILES string of the molecule is CN1/C(=C/C=C2C=C(c3ccccc3)OC(c3ccccc3)=C2)C(C)(C)c2ccccc21. The number of anilines is 1. The van der Waals surface area contributed by atoms with Crippen molar-refractivity contribution in [1.29, 1.82) is 0 Å². The van der Waals surface area contributed by atoms with Gasteiger partial charge in [-0.1, -0.05) is 98.8 Å². The predicted octanol–water partition coefficient (Wildman–Crippen LogP) is 7.34. The molecule has 2 aliphatic heterocycles. The monoisotopic (exact) mass is 417 g/mol. The standard InChI is InChI=1S/C30H27NO/c1-30(2)25-16-10-11-17-26(25)31(3)29(30)19-18-22-20-27(23-12-6-4-7-13-23)32-28(21-22)24-14-8-5-9-15-24/h4-21H,1-3H3/b29-19+. The predicted molar refractivity (Wildman–Crippen MR) is 134 cm³/mol. The molecular weight excluding hydrogens is 390 g/mol. The van der Waals surface area contributed by atoms with Crippen molar-refractivity contribution in [3.8, 4) is 0 Å². The molecule has 3 aromatic carbocycles. The zero-order chi connectivity index (χ0) is 22.1. The number of ether oxygens (including phenoxy) is 1. The summed E-state index contributed by atoms with van der Waals surface area (Å²) in [5.41, 5.74) is 7.11.